The summed E-state index contributed by atoms with van der Waals surface area (Å²) in [4.78, 5) is 20.9. The van der Waals surface area contributed by atoms with E-state index in [2.05, 4.69) is 5.10 Å². The SMILES string of the molecule is CCc1nn(C/C=C/C(=O)O)c(CC)c1[N+](=O)[O-]. The van der Waals surface area contributed by atoms with Crippen molar-refractivity contribution in [2.75, 3.05) is 0 Å². The summed E-state index contributed by atoms with van der Waals surface area (Å²) >= 11 is 0. The second kappa shape index (κ2) is 5.95. The molecule has 0 amide bonds. The summed E-state index contributed by atoms with van der Waals surface area (Å²) < 4.78 is 1.48. The molecule has 98 valence electrons. The summed E-state index contributed by atoms with van der Waals surface area (Å²) in [5.41, 5.74) is 0.996. The highest BCUT2D eigenvalue weighted by Crippen LogP contribution is 2.24. The lowest BCUT2D eigenvalue weighted by atomic mass is 10.2. The Balaban J connectivity index is 3.12. The zero-order valence-corrected chi connectivity index (χ0v) is 10.3. The van der Waals surface area contributed by atoms with Crippen LogP contribution in [0, 0.1) is 10.1 Å². The summed E-state index contributed by atoms with van der Waals surface area (Å²) in [6, 6.07) is 0. The highest BCUT2D eigenvalue weighted by molar-refractivity contribution is 5.79. The summed E-state index contributed by atoms with van der Waals surface area (Å²) in [7, 11) is 0. The highest BCUT2D eigenvalue weighted by atomic mass is 16.6. The molecule has 1 rings (SSSR count). The Morgan fingerprint density at radius 2 is 2.17 bits per heavy atom. The normalized spacial score (nSPS) is 11.0. The number of aryl methyl sites for hydroxylation is 1. The molecule has 0 saturated heterocycles. The van der Waals surface area contributed by atoms with Gasteiger partial charge in [0, 0.05) is 6.08 Å². The number of aliphatic carboxylic acids is 1. The van der Waals surface area contributed by atoms with Crippen LogP contribution in [0.5, 0.6) is 0 Å². The lowest BCUT2D eigenvalue weighted by Gasteiger charge is -2.00. The minimum atomic E-state index is -1.05. The number of carbonyl (C=O) groups is 1. The van der Waals surface area contributed by atoms with Crippen LogP contribution in [0.4, 0.5) is 5.69 Å². The smallest absolute Gasteiger partial charge is 0.328 e. The van der Waals surface area contributed by atoms with Crippen molar-refractivity contribution in [1.82, 2.24) is 9.78 Å². The van der Waals surface area contributed by atoms with Crippen molar-refractivity contribution < 1.29 is 14.8 Å². The van der Waals surface area contributed by atoms with Crippen molar-refractivity contribution in [3.8, 4) is 0 Å². The number of nitro groups is 1. The summed E-state index contributed by atoms with van der Waals surface area (Å²) in [5.74, 6) is -1.05. The first kappa shape index (κ1) is 13.9. The number of hydrogen-bond donors (Lipinski definition) is 1. The van der Waals surface area contributed by atoms with Gasteiger partial charge in [-0.15, -0.1) is 0 Å². The van der Waals surface area contributed by atoms with Gasteiger partial charge in [-0.3, -0.25) is 14.8 Å². The Hall–Kier alpha value is -2.18. The maximum Gasteiger partial charge on any atom is 0.328 e. The number of rotatable bonds is 6. The maximum absolute atomic E-state index is 11.0. The third kappa shape index (κ3) is 2.93. The van der Waals surface area contributed by atoms with Gasteiger partial charge in [-0.05, 0) is 12.8 Å². The van der Waals surface area contributed by atoms with Crippen LogP contribution >= 0.6 is 0 Å². The second-order valence-electron chi connectivity index (χ2n) is 3.63. The van der Waals surface area contributed by atoms with Gasteiger partial charge in [0.1, 0.15) is 11.4 Å². The molecule has 7 heteroatoms. The minimum Gasteiger partial charge on any atom is -0.478 e. The van der Waals surface area contributed by atoms with Gasteiger partial charge in [-0.25, -0.2) is 4.79 Å². The summed E-state index contributed by atoms with van der Waals surface area (Å²) in [5, 5.41) is 23.6. The van der Waals surface area contributed by atoms with Crippen molar-refractivity contribution in [2.24, 2.45) is 0 Å². The molecule has 1 heterocycles. The Kier molecular flexibility index (Phi) is 4.59. The Morgan fingerprint density at radius 1 is 1.50 bits per heavy atom. The van der Waals surface area contributed by atoms with Crippen LogP contribution in [-0.4, -0.2) is 25.8 Å². The zero-order chi connectivity index (χ0) is 13.7. The average Bonchev–Trinajstić information content (AvgIpc) is 2.66. The summed E-state index contributed by atoms with van der Waals surface area (Å²) in [6.07, 6.45) is 3.36. The van der Waals surface area contributed by atoms with Crippen molar-refractivity contribution >= 4 is 11.7 Å². The Labute approximate surface area is 104 Å². The Morgan fingerprint density at radius 3 is 2.61 bits per heavy atom. The molecule has 1 N–H and O–H groups in total. The first-order valence-corrected chi connectivity index (χ1v) is 5.63. The largest absolute Gasteiger partial charge is 0.478 e. The van der Waals surface area contributed by atoms with Gasteiger partial charge in [0.25, 0.3) is 0 Å². The van der Waals surface area contributed by atoms with E-state index in [9.17, 15) is 14.9 Å². The van der Waals surface area contributed by atoms with Crippen LogP contribution in [0.25, 0.3) is 0 Å². The number of nitrogens with zero attached hydrogens (tertiary/aromatic N) is 3. The molecular weight excluding hydrogens is 238 g/mol. The molecule has 0 spiro atoms. The van der Waals surface area contributed by atoms with Crippen LogP contribution in [-0.2, 0) is 24.2 Å². The van der Waals surface area contributed by atoms with Crippen molar-refractivity contribution in [3.63, 3.8) is 0 Å². The van der Waals surface area contributed by atoms with Gasteiger partial charge in [0.2, 0.25) is 0 Å². The quantitative estimate of drug-likeness (QED) is 0.471. The number of aromatic nitrogens is 2. The first-order chi connectivity index (χ1) is 8.51. The lowest BCUT2D eigenvalue weighted by Crippen LogP contribution is -2.04. The van der Waals surface area contributed by atoms with Gasteiger partial charge in [-0.2, -0.15) is 5.10 Å². The molecule has 1 aromatic rings. The van der Waals surface area contributed by atoms with Crippen LogP contribution < -0.4 is 0 Å². The fraction of sp³-hybridized carbons (Fsp3) is 0.455. The van der Waals surface area contributed by atoms with E-state index >= 15 is 0 Å². The van der Waals surface area contributed by atoms with E-state index < -0.39 is 10.9 Å². The highest BCUT2D eigenvalue weighted by Gasteiger charge is 2.24. The fourth-order valence-corrected chi connectivity index (χ4v) is 1.75. The molecule has 0 unspecified atom stereocenters. The average molecular weight is 253 g/mol. The van der Waals surface area contributed by atoms with E-state index in [-0.39, 0.29) is 12.2 Å². The van der Waals surface area contributed by atoms with E-state index in [0.29, 0.717) is 24.2 Å². The van der Waals surface area contributed by atoms with Gasteiger partial charge >= 0.3 is 11.7 Å². The second-order valence-corrected chi connectivity index (χ2v) is 3.63. The predicted octanol–water partition coefficient (Wildman–Crippen LogP) is 1.56. The van der Waals surface area contributed by atoms with Crippen LogP contribution in [0.3, 0.4) is 0 Å². The molecule has 0 aliphatic heterocycles. The van der Waals surface area contributed by atoms with E-state index in [1.807, 2.05) is 0 Å². The van der Waals surface area contributed by atoms with Crippen LogP contribution in [0.1, 0.15) is 25.2 Å². The van der Waals surface area contributed by atoms with Crippen LogP contribution in [0.15, 0.2) is 12.2 Å². The third-order valence-electron chi connectivity index (χ3n) is 2.49. The zero-order valence-electron chi connectivity index (χ0n) is 10.3. The molecule has 0 aromatic carbocycles. The molecule has 1 aromatic heterocycles. The van der Waals surface area contributed by atoms with Crippen LogP contribution in [0.2, 0.25) is 0 Å². The molecular formula is C11H15N3O4. The molecule has 18 heavy (non-hydrogen) atoms. The molecule has 7 nitrogen and oxygen atoms in total. The maximum atomic E-state index is 11.0. The van der Waals surface area contributed by atoms with Gasteiger partial charge in [-0.1, -0.05) is 19.9 Å². The van der Waals surface area contributed by atoms with Crippen molar-refractivity contribution in [3.05, 3.63) is 33.7 Å². The number of hydrogen-bond acceptors (Lipinski definition) is 4. The van der Waals surface area contributed by atoms with Crippen molar-refractivity contribution in [1.29, 1.82) is 0 Å². The lowest BCUT2D eigenvalue weighted by molar-refractivity contribution is -0.386. The molecule has 0 atom stereocenters. The molecule has 0 radical (unpaired) electrons. The van der Waals surface area contributed by atoms with E-state index in [1.54, 1.807) is 13.8 Å². The molecule has 0 bridgehead atoms. The van der Waals surface area contributed by atoms with Crippen molar-refractivity contribution in [2.45, 2.75) is 33.2 Å². The van der Waals surface area contributed by atoms with Gasteiger partial charge in [0.15, 0.2) is 0 Å². The van der Waals surface area contributed by atoms with E-state index in [1.165, 1.54) is 10.8 Å². The van der Waals surface area contributed by atoms with E-state index in [4.69, 9.17) is 5.11 Å². The molecule has 0 aliphatic carbocycles. The molecule has 0 aliphatic rings. The number of carboxylic acids is 1. The van der Waals surface area contributed by atoms with Gasteiger partial charge < -0.3 is 5.11 Å². The standard InChI is InChI=1S/C11H15N3O4/c1-3-8-11(14(17)18)9(4-2)13(12-8)7-5-6-10(15)16/h5-6H,3-4,7H2,1-2H3,(H,15,16)/b6-5+. The Bertz CT molecular complexity index is 491. The molecule has 0 fully saturated rings. The third-order valence-corrected chi connectivity index (χ3v) is 2.49. The summed E-state index contributed by atoms with van der Waals surface area (Å²) in [6.45, 7) is 3.82. The van der Waals surface area contributed by atoms with Gasteiger partial charge in [0.05, 0.1) is 11.5 Å². The fourth-order valence-electron chi connectivity index (χ4n) is 1.75. The monoisotopic (exact) mass is 253 g/mol. The van der Waals surface area contributed by atoms with E-state index in [0.717, 1.165) is 6.08 Å². The number of allylic oxidation sites excluding steroid dienone is 1. The molecule has 0 saturated carbocycles. The first-order valence-electron chi connectivity index (χ1n) is 5.63. The minimum absolute atomic E-state index is 0.0451. The topological polar surface area (TPSA) is 98.3 Å². The predicted molar refractivity (Wildman–Crippen MR) is 64.4 cm³/mol. The number of carboxylic acid groups (broad SMARTS) is 1.